The van der Waals surface area contributed by atoms with E-state index in [1.54, 1.807) is 24.3 Å². The number of alkyl halides is 1. The van der Waals surface area contributed by atoms with Crippen molar-refractivity contribution in [1.82, 2.24) is 0 Å². The number of halogens is 1. The molecule has 0 saturated heterocycles. The lowest BCUT2D eigenvalue weighted by Crippen LogP contribution is -2.13. The molecule has 0 radical (unpaired) electrons. The van der Waals surface area contributed by atoms with Gasteiger partial charge in [0, 0.05) is 11.6 Å². The molecule has 1 N–H and O–H groups in total. The predicted octanol–water partition coefficient (Wildman–Crippen LogP) is 4.05. The van der Waals surface area contributed by atoms with Gasteiger partial charge in [-0.1, -0.05) is 30.3 Å². The second-order valence-electron chi connectivity index (χ2n) is 4.34. The monoisotopic (exact) mass is 300 g/mol. The Balaban J connectivity index is 1.88. The van der Waals surface area contributed by atoms with Crippen LogP contribution in [0.3, 0.4) is 0 Å². The third-order valence-corrected chi connectivity index (χ3v) is 3.09. The summed E-state index contributed by atoms with van der Waals surface area (Å²) in [5.41, 5.74) is 2.89. The zero-order chi connectivity index (χ0) is 15.1. The fourth-order valence-electron chi connectivity index (χ4n) is 1.69. The highest BCUT2D eigenvalue weighted by molar-refractivity contribution is 6.17. The summed E-state index contributed by atoms with van der Waals surface area (Å²) in [5, 5.41) is 11.4. The Labute approximate surface area is 127 Å². The van der Waals surface area contributed by atoms with Gasteiger partial charge in [-0.05, 0) is 29.3 Å². The Hall–Kier alpha value is -2.51. The summed E-state index contributed by atoms with van der Waals surface area (Å²) in [4.78, 5) is 11.7. The number of anilines is 1. The van der Waals surface area contributed by atoms with Crippen LogP contribution in [0.1, 0.15) is 16.7 Å². The van der Waals surface area contributed by atoms with Gasteiger partial charge in [0.2, 0.25) is 0 Å². The molecule has 2 aromatic rings. The largest absolute Gasteiger partial charge is 0.444 e. The van der Waals surface area contributed by atoms with Crippen molar-refractivity contribution < 1.29 is 9.53 Å². The maximum Gasteiger partial charge on any atom is 0.411 e. The average molecular weight is 301 g/mol. The molecule has 0 saturated carbocycles. The second kappa shape index (κ2) is 7.32. The Bertz CT molecular complexity index is 663. The summed E-state index contributed by atoms with van der Waals surface area (Å²) in [6, 6.07) is 16.1. The molecule has 0 aliphatic heterocycles. The Morgan fingerprint density at radius 2 is 1.90 bits per heavy atom. The van der Waals surface area contributed by atoms with Crippen molar-refractivity contribution in [2.24, 2.45) is 0 Å². The molecule has 4 nitrogen and oxygen atoms in total. The van der Waals surface area contributed by atoms with Crippen LogP contribution in [-0.4, -0.2) is 6.09 Å². The first kappa shape index (κ1) is 14.9. The minimum atomic E-state index is -0.563. The second-order valence-corrected chi connectivity index (χ2v) is 4.61. The van der Waals surface area contributed by atoms with Gasteiger partial charge >= 0.3 is 6.09 Å². The molecule has 0 heterocycles. The molecule has 106 valence electrons. The predicted molar refractivity (Wildman–Crippen MR) is 81.0 cm³/mol. The topological polar surface area (TPSA) is 62.1 Å². The van der Waals surface area contributed by atoms with Crippen LogP contribution in [0.4, 0.5) is 10.5 Å². The first-order valence-electron chi connectivity index (χ1n) is 6.29. The smallest absolute Gasteiger partial charge is 0.411 e. The van der Waals surface area contributed by atoms with Gasteiger partial charge in [0.05, 0.1) is 11.6 Å². The van der Waals surface area contributed by atoms with E-state index in [0.717, 1.165) is 11.1 Å². The lowest BCUT2D eigenvalue weighted by Gasteiger charge is -2.07. The van der Waals surface area contributed by atoms with Crippen molar-refractivity contribution in [2.45, 2.75) is 12.5 Å². The Morgan fingerprint density at radius 1 is 1.19 bits per heavy atom. The number of carbonyl (C=O) groups excluding carboxylic acids is 1. The molecule has 0 aromatic heterocycles. The summed E-state index contributed by atoms with van der Waals surface area (Å²) in [7, 11) is 0. The summed E-state index contributed by atoms with van der Waals surface area (Å²) in [6.07, 6.45) is -0.563. The van der Waals surface area contributed by atoms with E-state index in [0.29, 0.717) is 17.1 Å². The average Bonchev–Trinajstić information content (AvgIpc) is 2.53. The number of benzene rings is 2. The fraction of sp³-hybridized carbons (Fsp3) is 0.125. The lowest BCUT2D eigenvalue weighted by molar-refractivity contribution is 0.155. The number of nitrogens with one attached hydrogen (secondary N) is 1. The van der Waals surface area contributed by atoms with Crippen LogP contribution >= 0.6 is 11.6 Å². The minimum Gasteiger partial charge on any atom is -0.444 e. The minimum absolute atomic E-state index is 0.173. The number of hydrogen-bond acceptors (Lipinski definition) is 3. The first-order valence-corrected chi connectivity index (χ1v) is 6.82. The van der Waals surface area contributed by atoms with Crippen LogP contribution in [0.5, 0.6) is 0 Å². The number of rotatable bonds is 4. The normalized spacial score (nSPS) is 9.71. The molecule has 2 aromatic carbocycles. The maximum atomic E-state index is 11.7. The van der Waals surface area contributed by atoms with E-state index in [4.69, 9.17) is 21.6 Å². The van der Waals surface area contributed by atoms with Gasteiger partial charge < -0.3 is 4.74 Å². The highest BCUT2D eigenvalue weighted by Gasteiger charge is 2.04. The van der Waals surface area contributed by atoms with Gasteiger partial charge in [0.1, 0.15) is 6.61 Å². The zero-order valence-electron chi connectivity index (χ0n) is 11.2. The number of nitriles is 1. The zero-order valence-corrected chi connectivity index (χ0v) is 11.9. The van der Waals surface area contributed by atoms with Crippen LogP contribution in [0.25, 0.3) is 0 Å². The molecule has 0 atom stereocenters. The summed E-state index contributed by atoms with van der Waals surface area (Å²) in [6.45, 7) is 0.173. The van der Waals surface area contributed by atoms with Crippen molar-refractivity contribution in [2.75, 3.05) is 5.32 Å². The fourth-order valence-corrected chi connectivity index (χ4v) is 1.87. The molecule has 0 aliphatic carbocycles. The van der Waals surface area contributed by atoms with Gasteiger partial charge in [0.15, 0.2) is 0 Å². The van der Waals surface area contributed by atoms with Crippen molar-refractivity contribution in [3.63, 3.8) is 0 Å². The molecular weight excluding hydrogens is 288 g/mol. The summed E-state index contributed by atoms with van der Waals surface area (Å²) >= 11 is 5.70. The SMILES string of the molecule is N#Cc1cccc(NC(=O)OCc2ccc(CCl)cc2)c1. The number of carbonyl (C=O) groups is 1. The van der Waals surface area contributed by atoms with E-state index < -0.39 is 6.09 Å². The lowest BCUT2D eigenvalue weighted by atomic mass is 10.2. The highest BCUT2D eigenvalue weighted by Crippen LogP contribution is 2.11. The molecule has 0 bridgehead atoms. The van der Waals surface area contributed by atoms with Gasteiger partial charge in [-0.15, -0.1) is 11.6 Å². The van der Waals surface area contributed by atoms with Crippen LogP contribution in [0, 0.1) is 11.3 Å². The van der Waals surface area contributed by atoms with Gasteiger partial charge in [-0.3, -0.25) is 5.32 Å². The molecule has 0 unspecified atom stereocenters. The molecule has 1 amide bonds. The summed E-state index contributed by atoms with van der Waals surface area (Å²) in [5.74, 6) is 0.455. The van der Waals surface area contributed by atoms with E-state index >= 15 is 0 Å². The molecule has 5 heteroatoms. The standard InChI is InChI=1S/C16H13ClN2O2/c17-9-12-4-6-13(7-5-12)11-21-16(20)19-15-3-1-2-14(8-15)10-18/h1-8H,9,11H2,(H,19,20). The van der Waals surface area contributed by atoms with E-state index in [1.165, 1.54) is 0 Å². The van der Waals surface area contributed by atoms with Crippen molar-refractivity contribution in [3.8, 4) is 6.07 Å². The van der Waals surface area contributed by atoms with E-state index in [-0.39, 0.29) is 6.61 Å². The quantitative estimate of drug-likeness (QED) is 0.867. The molecular formula is C16H13ClN2O2. The first-order chi connectivity index (χ1) is 10.2. The molecule has 0 spiro atoms. The van der Waals surface area contributed by atoms with E-state index in [2.05, 4.69) is 5.32 Å². The van der Waals surface area contributed by atoms with Crippen LogP contribution in [-0.2, 0) is 17.2 Å². The molecule has 0 fully saturated rings. The van der Waals surface area contributed by atoms with Crippen LogP contribution < -0.4 is 5.32 Å². The molecule has 21 heavy (non-hydrogen) atoms. The Morgan fingerprint density at radius 3 is 2.57 bits per heavy atom. The van der Waals surface area contributed by atoms with Gasteiger partial charge in [0.25, 0.3) is 0 Å². The van der Waals surface area contributed by atoms with Gasteiger partial charge in [-0.2, -0.15) is 5.26 Å². The van der Waals surface area contributed by atoms with Crippen molar-refractivity contribution in [1.29, 1.82) is 5.26 Å². The number of ether oxygens (including phenoxy) is 1. The Kier molecular flexibility index (Phi) is 5.19. The summed E-state index contributed by atoms with van der Waals surface area (Å²) < 4.78 is 5.11. The third kappa shape index (κ3) is 4.51. The van der Waals surface area contributed by atoms with Crippen molar-refractivity contribution >= 4 is 23.4 Å². The van der Waals surface area contributed by atoms with E-state index in [9.17, 15) is 4.79 Å². The maximum absolute atomic E-state index is 11.7. The number of hydrogen-bond donors (Lipinski definition) is 1. The van der Waals surface area contributed by atoms with Gasteiger partial charge in [-0.25, -0.2) is 4.79 Å². The molecule has 0 aliphatic rings. The van der Waals surface area contributed by atoms with E-state index in [1.807, 2.05) is 30.3 Å². The van der Waals surface area contributed by atoms with Crippen molar-refractivity contribution in [3.05, 3.63) is 65.2 Å². The van der Waals surface area contributed by atoms with Crippen LogP contribution in [0.15, 0.2) is 48.5 Å². The van der Waals surface area contributed by atoms with Crippen LogP contribution in [0.2, 0.25) is 0 Å². The number of nitrogens with zero attached hydrogens (tertiary/aromatic N) is 1. The molecule has 2 rings (SSSR count). The number of amides is 1. The highest BCUT2D eigenvalue weighted by atomic mass is 35.5. The third-order valence-electron chi connectivity index (χ3n) is 2.79.